The molecule has 0 saturated carbocycles. The highest BCUT2D eigenvalue weighted by atomic mass is 16.6. The molecule has 0 atom stereocenters. The van der Waals surface area contributed by atoms with Crippen molar-refractivity contribution >= 4 is 6.79 Å². The molecule has 34 valence electrons. The quantitative estimate of drug-likeness (QED) is 0.274. The zero-order valence-electron chi connectivity index (χ0n) is 3.44. The van der Waals surface area contributed by atoms with E-state index in [0.29, 0.717) is 0 Å². The van der Waals surface area contributed by atoms with Gasteiger partial charge in [0.25, 0.3) is 0 Å². The summed E-state index contributed by atoms with van der Waals surface area (Å²) in [5.74, 6) is 0.120. The molecular formula is C4H6O2. The third-order valence-corrected chi connectivity index (χ3v) is 0.322. The van der Waals surface area contributed by atoms with Gasteiger partial charge in [-0.3, -0.25) is 4.42 Å². The van der Waals surface area contributed by atoms with Crippen LogP contribution >= 0.6 is 0 Å². The molecule has 0 aromatic heterocycles. The first kappa shape index (κ1) is 5.21. The van der Waals surface area contributed by atoms with E-state index in [9.17, 15) is 0 Å². The van der Waals surface area contributed by atoms with Crippen LogP contribution in [-0.4, -0.2) is 6.79 Å². The molecule has 0 aliphatic carbocycles. The number of hydrogen-bond donors (Lipinski definition) is 0. The summed E-state index contributed by atoms with van der Waals surface area (Å²) in [5.41, 5.74) is 0. The molecule has 0 heterocycles. The minimum atomic E-state index is 0.120. The molecule has 0 spiro atoms. The van der Waals surface area contributed by atoms with E-state index in [4.69, 9.17) is 0 Å². The van der Waals surface area contributed by atoms with Gasteiger partial charge in [0.15, 0.2) is 6.79 Å². The van der Waals surface area contributed by atoms with Crippen LogP contribution in [0.4, 0.5) is 0 Å². The summed E-state index contributed by atoms with van der Waals surface area (Å²) < 4.78 is 8.34. The molecule has 2 heteroatoms. The summed E-state index contributed by atoms with van der Waals surface area (Å²) >= 11 is 0. The normalized spacial score (nSPS) is 6.83. The number of hydrogen-bond acceptors (Lipinski definition) is 1. The van der Waals surface area contributed by atoms with Gasteiger partial charge in [0.2, 0.25) is 0 Å². The Morgan fingerprint density at radius 3 is 2.33 bits per heavy atom. The van der Waals surface area contributed by atoms with Crippen LogP contribution in [-0.2, 0) is 9.16 Å². The van der Waals surface area contributed by atoms with Gasteiger partial charge < -0.3 is 4.74 Å². The molecule has 0 radical (unpaired) electrons. The van der Waals surface area contributed by atoms with Crippen LogP contribution in [0.25, 0.3) is 0 Å². The summed E-state index contributed by atoms with van der Waals surface area (Å²) in [6, 6.07) is 0. The minimum Gasteiger partial charge on any atom is -0.493 e. The van der Waals surface area contributed by atoms with Crippen molar-refractivity contribution in [1.82, 2.24) is 0 Å². The van der Waals surface area contributed by atoms with E-state index >= 15 is 0 Å². The van der Waals surface area contributed by atoms with Crippen LogP contribution in [0.2, 0.25) is 0 Å². The highest BCUT2D eigenvalue weighted by Crippen LogP contribution is 1.81. The third kappa shape index (κ3) is 1.52. The minimum absolute atomic E-state index is 0.120. The smallest absolute Gasteiger partial charge is 0.476 e. The lowest BCUT2D eigenvalue weighted by atomic mass is 11.0. The summed E-state index contributed by atoms with van der Waals surface area (Å²) in [5, 5.41) is 0. The maximum Gasteiger partial charge on any atom is 0.476 e. The van der Waals surface area contributed by atoms with Crippen LogP contribution < -0.4 is 0 Å². The van der Waals surface area contributed by atoms with E-state index in [0.717, 1.165) is 0 Å². The topological polar surface area (TPSA) is 20.5 Å². The maximum absolute atomic E-state index is 4.17. The molecule has 0 aliphatic rings. The van der Waals surface area contributed by atoms with Crippen molar-refractivity contribution in [3.05, 3.63) is 19.6 Å². The van der Waals surface area contributed by atoms with E-state index in [1.165, 1.54) is 0 Å². The van der Waals surface area contributed by atoms with Crippen LogP contribution in [0.5, 0.6) is 0 Å². The van der Waals surface area contributed by atoms with E-state index in [2.05, 4.69) is 29.6 Å². The Labute approximate surface area is 36.7 Å². The van der Waals surface area contributed by atoms with Crippen molar-refractivity contribution in [2.45, 2.75) is 0 Å². The Kier molecular flexibility index (Phi) is 2.13. The number of ether oxygens (including phenoxy) is 1. The first-order chi connectivity index (χ1) is 2.81. The Morgan fingerprint density at radius 1 is 1.83 bits per heavy atom. The first-order valence-corrected chi connectivity index (χ1v) is 1.34. The SMILES string of the molecule is C=[O+]C(=C)O[CH2-]. The average Bonchev–Trinajstić information content (AvgIpc) is 1.65. The highest BCUT2D eigenvalue weighted by molar-refractivity contribution is 5.13. The van der Waals surface area contributed by atoms with Crippen molar-refractivity contribution in [1.29, 1.82) is 0 Å². The van der Waals surface area contributed by atoms with Crippen molar-refractivity contribution in [3.8, 4) is 0 Å². The number of carbonyl (C=O) groups excluding carboxylic acids is 1. The fraction of sp³-hybridized carbons (Fsp3) is 0. The second kappa shape index (κ2) is 2.45. The van der Waals surface area contributed by atoms with Crippen LogP contribution in [0.1, 0.15) is 0 Å². The molecule has 0 aromatic rings. The Hall–Kier alpha value is -0.790. The van der Waals surface area contributed by atoms with Crippen LogP contribution in [0, 0.1) is 7.11 Å². The van der Waals surface area contributed by atoms with Gasteiger partial charge >= 0.3 is 5.95 Å². The second-order valence-corrected chi connectivity index (χ2v) is 0.661. The fourth-order valence-electron chi connectivity index (χ4n) is 0.0417. The van der Waals surface area contributed by atoms with Gasteiger partial charge in [0, 0.05) is 6.58 Å². The molecule has 0 unspecified atom stereocenters. The molecule has 0 amide bonds. The molecule has 0 aromatic carbocycles. The van der Waals surface area contributed by atoms with Gasteiger partial charge in [-0.05, 0) is 7.11 Å². The van der Waals surface area contributed by atoms with E-state index < -0.39 is 0 Å². The van der Waals surface area contributed by atoms with E-state index in [1.807, 2.05) is 0 Å². The largest absolute Gasteiger partial charge is 0.493 e. The van der Waals surface area contributed by atoms with Gasteiger partial charge in [0.05, 0.1) is 0 Å². The van der Waals surface area contributed by atoms with Gasteiger partial charge in [-0.1, -0.05) is 0 Å². The Bertz CT molecular complexity index is 65.9. The average molecular weight is 86.1 g/mol. The van der Waals surface area contributed by atoms with E-state index in [1.54, 1.807) is 0 Å². The molecule has 0 rings (SSSR count). The second-order valence-electron chi connectivity index (χ2n) is 0.661. The standard InChI is InChI=1S/C4H6O2/c1-4(5-2)6-3/h1-3H2. The van der Waals surface area contributed by atoms with Gasteiger partial charge in [-0.15, -0.1) is 0 Å². The van der Waals surface area contributed by atoms with Gasteiger partial charge in [-0.2, -0.15) is 0 Å². The van der Waals surface area contributed by atoms with Crippen molar-refractivity contribution in [2.24, 2.45) is 0 Å². The van der Waals surface area contributed by atoms with Gasteiger partial charge in [0.1, 0.15) is 0 Å². The molecule has 0 saturated heterocycles. The third-order valence-electron chi connectivity index (χ3n) is 0.322. The lowest BCUT2D eigenvalue weighted by molar-refractivity contribution is -0.425. The van der Waals surface area contributed by atoms with Gasteiger partial charge in [-0.25, -0.2) is 0 Å². The predicted molar refractivity (Wildman–Crippen MR) is 22.7 cm³/mol. The molecular weight excluding hydrogens is 80.0 g/mol. The zero-order chi connectivity index (χ0) is 4.99. The molecule has 0 bridgehead atoms. The molecule has 2 nitrogen and oxygen atoms in total. The lowest BCUT2D eigenvalue weighted by Gasteiger charge is -1.83. The fourth-order valence-corrected chi connectivity index (χ4v) is 0.0417. The first-order valence-electron chi connectivity index (χ1n) is 1.34. The van der Waals surface area contributed by atoms with E-state index in [-0.39, 0.29) is 5.95 Å². The van der Waals surface area contributed by atoms with Crippen molar-refractivity contribution in [2.75, 3.05) is 0 Å². The summed E-state index contributed by atoms with van der Waals surface area (Å²) in [6.07, 6.45) is 0. The number of rotatable bonds is 2. The van der Waals surface area contributed by atoms with Crippen LogP contribution in [0.15, 0.2) is 12.5 Å². The molecule has 6 heavy (non-hydrogen) atoms. The molecule has 0 aliphatic heterocycles. The van der Waals surface area contributed by atoms with Crippen molar-refractivity contribution in [3.63, 3.8) is 0 Å². The van der Waals surface area contributed by atoms with Crippen LogP contribution in [0.3, 0.4) is 0 Å². The molecule has 0 fully saturated rings. The van der Waals surface area contributed by atoms with Crippen molar-refractivity contribution < 1.29 is 9.16 Å². The Morgan fingerprint density at radius 2 is 2.33 bits per heavy atom. The maximum atomic E-state index is 4.17. The zero-order valence-corrected chi connectivity index (χ0v) is 3.44. The summed E-state index contributed by atoms with van der Waals surface area (Å²) in [4.78, 5) is 0. The monoisotopic (exact) mass is 86.0 g/mol. The summed E-state index contributed by atoms with van der Waals surface area (Å²) in [7, 11) is 2.99. The highest BCUT2D eigenvalue weighted by Gasteiger charge is 1.85. The summed E-state index contributed by atoms with van der Waals surface area (Å²) in [6.45, 7) is 6.21. The predicted octanol–water partition coefficient (Wildman–Crippen LogP) is 0.630. The lowest BCUT2D eigenvalue weighted by Crippen LogP contribution is -1.76. The Balaban J connectivity index is 3.23. The molecule has 0 N–H and O–H groups in total.